The Morgan fingerprint density at radius 2 is 2.09 bits per heavy atom. The van der Waals surface area contributed by atoms with E-state index in [0.717, 1.165) is 10.1 Å². The van der Waals surface area contributed by atoms with Crippen molar-refractivity contribution in [2.75, 3.05) is 16.8 Å². The molecule has 0 saturated carbocycles. The van der Waals surface area contributed by atoms with E-state index in [2.05, 4.69) is 15.5 Å². The van der Waals surface area contributed by atoms with Crippen LogP contribution in [-0.2, 0) is 14.6 Å². The molecule has 1 aromatic carbocycles. The average molecular weight is 392 g/mol. The van der Waals surface area contributed by atoms with E-state index in [1.54, 1.807) is 12.1 Å². The maximum atomic E-state index is 12.2. The van der Waals surface area contributed by atoms with Crippen LogP contribution in [0, 0.1) is 0 Å². The van der Waals surface area contributed by atoms with Crippen LogP contribution in [0.15, 0.2) is 33.5 Å². The van der Waals surface area contributed by atoms with Crippen LogP contribution in [0.25, 0.3) is 0 Å². The van der Waals surface area contributed by atoms with Crippen molar-refractivity contribution in [3.8, 4) is 0 Å². The number of aromatic nitrogens is 2. The van der Waals surface area contributed by atoms with Gasteiger partial charge >= 0.3 is 0 Å². The summed E-state index contributed by atoms with van der Waals surface area (Å²) in [6.45, 7) is 1.99. The van der Waals surface area contributed by atoms with Crippen molar-refractivity contribution in [2.45, 2.75) is 22.6 Å². The third kappa shape index (κ3) is 5.17. The van der Waals surface area contributed by atoms with Crippen LogP contribution in [0.4, 0.5) is 5.13 Å². The number of sulfone groups is 1. The summed E-state index contributed by atoms with van der Waals surface area (Å²) in [4.78, 5) is 11.9. The van der Waals surface area contributed by atoms with Crippen molar-refractivity contribution in [1.82, 2.24) is 10.2 Å². The Balaban J connectivity index is 1.94. The van der Waals surface area contributed by atoms with Gasteiger partial charge in [-0.2, -0.15) is 0 Å². The molecule has 10 heteroatoms. The van der Waals surface area contributed by atoms with Crippen molar-refractivity contribution in [1.29, 1.82) is 0 Å². The fourth-order valence-electron chi connectivity index (χ4n) is 1.66. The number of hydrogen-bond acceptors (Lipinski definition) is 7. The summed E-state index contributed by atoms with van der Waals surface area (Å²) in [5, 5.41) is 10.8. The zero-order valence-electron chi connectivity index (χ0n) is 12.2. The Labute approximate surface area is 147 Å². The highest BCUT2D eigenvalue weighted by Crippen LogP contribution is 2.25. The van der Waals surface area contributed by atoms with Gasteiger partial charge in [-0.1, -0.05) is 53.8 Å². The summed E-state index contributed by atoms with van der Waals surface area (Å²) >= 11 is 8.67. The topological polar surface area (TPSA) is 89.0 Å². The van der Waals surface area contributed by atoms with Crippen molar-refractivity contribution >= 4 is 55.6 Å². The maximum absolute atomic E-state index is 12.2. The van der Waals surface area contributed by atoms with Gasteiger partial charge in [0.2, 0.25) is 11.0 Å². The fourth-order valence-corrected chi connectivity index (χ4v) is 5.14. The van der Waals surface area contributed by atoms with Crippen molar-refractivity contribution in [3.05, 3.63) is 29.3 Å². The van der Waals surface area contributed by atoms with E-state index in [1.807, 2.05) is 6.92 Å². The standard InChI is InChI=1S/C13H14ClN3O3S3/c1-2-21-13-17-16-12(22-13)15-11(18)7-8-23(19,20)10-6-4-3-5-9(10)14/h3-6H,2,7-8H2,1H3,(H,15,16,18). The van der Waals surface area contributed by atoms with E-state index < -0.39 is 15.7 Å². The molecule has 1 heterocycles. The summed E-state index contributed by atoms with van der Waals surface area (Å²) in [5.74, 6) is 0.112. The van der Waals surface area contributed by atoms with E-state index in [0.29, 0.717) is 5.13 Å². The molecule has 1 N–H and O–H groups in total. The highest BCUT2D eigenvalue weighted by Gasteiger charge is 2.19. The second-order valence-corrected chi connectivity index (χ2v) is 9.33. The number of anilines is 1. The van der Waals surface area contributed by atoms with Crippen LogP contribution >= 0.6 is 34.7 Å². The van der Waals surface area contributed by atoms with Gasteiger partial charge in [-0.15, -0.1) is 10.2 Å². The molecule has 0 bridgehead atoms. The zero-order chi connectivity index (χ0) is 16.9. The van der Waals surface area contributed by atoms with Gasteiger partial charge in [-0.3, -0.25) is 4.79 Å². The second kappa shape index (κ2) is 8.09. The molecule has 0 atom stereocenters. The minimum atomic E-state index is -3.61. The van der Waals surface area contributed by atoms with Gasteiger partial charge in [0.1, 0.15) is 0 Å². The quantitative estimate of drug-likeness (QED) is 0.576. The number of halogens is 1. The highest BCUT2D eigenvalue weighted by atomic mass is 35.5. The molecule has 0 aliphatic rings. The van der Waals surface area contributed by atoms with Gasteiger partial charge in [-0.05, 0) is 17.9 Å². The monoisotopic (exact) mass is 391 g/mol. The van der Waals surface area contributed by atoms with E-state index in [1.165, 1.54) is 35.2 Å². The molecule has 0 radical (unpaired) electrons. The summed E-state index contributed by atoms with van der Waals surface area (Å²) in [5.41, 5.74) is 0. The molecule has 23 heavy (non-hydrogen) atoms. The SMILES string of the molecule is CCSc1nnc(NC(=O)CCS(=O)(=O)c2ccccc2Cl)s1. The fraction of sp³-hybridized carbons (Fsp3) is 0.308. The molecule has 1 aromatic heterocycles. The Morgan fingerprint density at radius 3 is 2.78 bits per heavy atom. The largest absolute Gasteiger partial charge is 0.300 e. The number of benzene rings is 1. The number of nitrogens with zero attached hydrogens (tertiary/aromatic N) is 2. The van der Waals surface area contributed by atoms with E-state index in [9.17, 15) is 13.2 Å². The Bertz CT molecular complexity index is 793. The van der Waals surface area contributed by atoms with E-state index >= 15 is 0 Å². The minimum absolute atomic E-state index is 0.0343. The molecule has 0 saturated heterocycles. The smallest absolute Gasteiger partial charge is 0.227 e. The minimum Gasteiger partial charge on any atom is -0.300 e. The predicted octanol–water partition coefficient (Wildman–Crippen LogP) is 3.11. The van der Waals surface area contributed by atoms with Crippen LogP contribution in [0.1, 0.15) is 13.3 Å². The number of rotatable bonds is 7. The molecule has 0 aliphatic heterocycles. The molecule has 124 valence electrons. The average Bonchev–Trinajstić information content (AvgIpc) is 2.93. The van der Waals surface area contributed by atoms with Crippen molar-refractivity contribution in [2.24, 2.45) is 0 Å². The third-order valence-corrected chi connectivity index (χ3v) is 6.75. The Kier molecular flexibility index (Phi) is 6.40. The van der Waals surface area contributed by atoms with Gasteiger partial charge in [0.05, 0.1) is 15.7 Å². The zero-order valence-corrected chi connectivity index (χ0v) is 15.4. The number of thioether (sulfide) groups is 1. The number of nitrogens with one attached hydrogen (secondary N) is 1. The number of carbonyl (C=O) groups is 1. The van der Waals surface area contributed by atoms with E-state index in [4.69, 9.17) is 11.6 Å². The summed E-state index contributed by atoms with van der Waals surface area (Å²) in [6.07, 6.45) is -0.177. The summed E-state index contributed by atoms with van der Waals surface area (Å²) in [6, 6.07) is 6.17. The molecule has 0 spiro atoms. The first-order valence-electron chi connectivity index (χ1n) is 6.66. The van der Waals surface area contributed by atoms with Gasteiger partial charge < -0.3 is 5.32 Å². The van der Waals surface area contributed by atoms with Crippen LogP contribution in [0.3, 0.4) is 0 Å². The normalized spacial score (nSPS) is 11.4. The van der Waals surface area contributed by atoms with E-state index in [-0.39, 0.29) is 22.1 Å². The lowest BCUT2D eigenvalue weighted by atomic mass is 10.4. The van der Waals surface area contributed by atoms with Crippen LogP contribution in [-0.4, -0.2) is 36.0 Å². The summed E-state index contributed by atoms with van der Waals surface area (Å²) < 4.78 is 25.2. The van der Waals surface area contributed by atoms with Gasteiger partial charge in [0.15, 0.2) is 14.2 Å². The lowest BCUT2D eigenvalue weighted by molar-refractivity contribution is -0.115. The van der Waals surface area contributed by atoms with Crippen LogP contribution in [0.5, 0.6) is 0 Å². The molecular weight excluding hydrogens is 378 g/mol. The first kappa shape index (κ1) is 18.2. The molecule has 6 nitrogen and oxygen atoms in total. The number of amides is 1. The molecule has 2 aromatic rings. The van der Waals surface area contributed by atoms with Crippen molar-refractivity contribution in [3.63, 3.8) is 0 Å². The Hall–Kier alpha value is -1.16. The molecular formula is C13H14ClN3O3S3. The lowest BCUT2D eigenvalue weighted by Crippen LogP contribution is -2.17. The maximum Gasteiger partial charge on any atom is 0.227 e. The van der Waals surface area contributed by atoms with Gasteiger partial charge in [0, 0.05) is 6.42 Å². The summed E-state index contributed by atoms with van der Waals surface area (Å²) in [7, 11) is -3.61. The number of carbonyl (C=O) groups excluding carboxylic acids is 1. The molecule has 0 aliphatic carbocycles. The van der Waals surface area contributed by atoms with Gasteiger partial charge in [0.25, 0.3) is 0 Å². The van der Waals surface area contributed by atoms with Gasteiger partial charge in [-0.25, -0.2) is 8.42 Å². The van der Waals surface area contributed by atoms with Crippen molar-refractivity contribution < 1.29 is 13.2 Å². The lowest BCUT2D eigenvalue weighted by Gasteiger charge is -2.06. The Morgan fingerprint density at radius 1 is 1.35 bits per heavy atom. The molecule has 2 rings (SSSR count). The molecule has 0 unspecified atom stereocenters. The first-order chi connectivity index (χ1) is 10.9. The second-order valence-electron chi connectivity index (χ2n) is 4.35. The predicted molar refractivity (Wildman–Crippen MR) is 93.1 cm³/mol. The number of hydrogen-bond donors (Lipinski definition) is 1. The third-order valence-electron chi connectivity index (χ3n) is 2.69. The molecule has 1 amide bonds. The highest BCUT2D eigenvalue weighted by molar-refractivity contribution is 8.01. The van der Waals surface area contributed by atoms with Crippen LogP contribution in [0.2, 0.25) is 5.02 Å². The first-order valence-corrected chi connectivity index (χ1v) is 10.5. The van der Waals surface area contributed by atoms with Crippen LogP contribution < -0.4 is 5.32 Å². The molecule has 0 fully saturated rings.